The minimum Gasteiger partial charge on any atom is -0.460 e. The summed E-state index contributed by atoms with van der Waals surface area (Å²) in [5.41, 5.74) is 5.27. The lowest BCUT2D eigenvalue weighted by Gasteiger charge is -2.44. The number of rotatable bonds is 7. The Morgan fingerprint density at radius 3 is 2.19 bits per heavy atom. The molecule has 2 N–H and O–H groups in total. The average molecular weight is 364 g/mol. The Morgan fingerprint density at radius 2 is 1.56 bits per heavy atom. The van der Waals surface area contributed by atoms with Gasteiger partial charge in [-0.25, -0.2) is 0 Å². The number of carbonyl (C=O) groups excluding carboxylic acids is 1. The van der Waals surface area contributed by atoms with Crippen LogP contribution in [0.2, 0.25) is 0 Å². The highest BCUT2D eigenvalue weighted by Crippen LogP contribution is 2.35. The lowest BCUT2D eigenvalue weighted by Crippen LogP contribution is -2.62. The molecule has 4 rings (SSSR count). The van der Waals surface area contributed by atoms with E-state index in [2.05, 4.69) is 22.9 Å². The van der Waals surface area contributed by atoms with Gasteiger partial charge >= 0.3 is 5.97 Å². The summed E-state index contributed by atoms with van der Waals surface area (Å²) in [6, 6.07) is 19.6. The molecule has 1 saturated heterocycles. The van der Waals surface area contributed by atoms with Crippen LogP contribution < -0.4 is 10.8 Å². The molecule has 1 fully saturated rings. The van der Waals surface area contributed by atoms with Gasteiger partial charge in [0.1, 0.15) is 12.6 Å². The van der Waals surface area contributed by atoms with E-state index in [0.29, 0.717) is 19.8 Å². The molecule has 1 aliphatic carbocycles. The van der Waals surface area contributed by atoms with E-state index >= 15 is 0 Å². The Labute approximate surface area is 159 Å². The van der Waals surface area contributed by atoms with Crippen LogP contribution in [0.25, 0.3) is 0 Å². The van der Waals surface area contributed by atoms with Crippen LogP contribution in [0, 0.1) is 11.8 Å². The van der Waals surface area contributed by atoms with Crippen molar-refractivity contribution in [2.24, 2.45) is 11.8 Å². The quantitative estimate of drug-likeness (QED) is 0.449. The maximum absolute atomic E-state index is 12.5. The van der Waals surface area contributed by atoms with E-state index in [1.54, 1.807) is 0 Å². The predicted octanol–water partition coefficient (Wildman–Crippen LogP) is 2.59. The van der Waals surface area contributed by atoms with Crippen LogP contribution in [0.15, 0.2) is 72.8 Å². The number of benzene rings is 2. The first-order chi connectivity index (χ1) is 13.3. The van der Waals surface area contributed by atoms with E-state index < -0.39 is 0 Å². The zero-order chi connectivity index (χ0) is 18.5. The van der Waals surface area contributed by atoms with E-state index in [9.17, 15) is 4.79 Å². The number of nitrogens with one attached hydrogen (secondary N) is 2. The molecule has 2 aromatic rings. The van der Waals surface area contributed by atoms with Gasteiger partial charge in [0.2, 0.25) is 0 Å². The molecule has 0 saturated carbocycles. The minimum absolute atomic E-state index is 0.139. The number of hydroxylamine groups is 1. The van der Waals surface area contributed by atoms with Crippen molar-refractivity contribution in [1.29, 1.82) is 0 Å². The summed E-state index contributed by atoms with van der Waals surface area (Å²) in [5.74, 6) is 0.220. The van der Waals surface area contributed by atoms with Gasteiger partial charge in [0.05, 0.1) is 12.6 Å². The maximum Gasteiger partial charge on any atom is 0.324 e. The van der Waals surface area contributed by atoms with Crippen molar-refractivity contribution in [3.05, 3.63) is 83.9 Å². The topological polar surface area (TPSA) is 59.6 Å². The summed E-state index contributed by atoms with van der Waals surface area (Å²) in [7, 11) is 0. The van der Waals surface area contributed by atoms with Gasteiger partial charge in [0, 0.05) is 18.4 Å². The van der Waals surface area contributed by atoms with Crippen LogP contribution in [0.5, 0.6) is 0 Å². The molecule has 5 heteroatoms. The molecule has 4 unspecified atom stereocenters. The molecule has 4 atom stereocenters. The third kappa shape index (κ3) is 4.27. The van der Waals surface area contributed by atoms with Crippen LogP contribution in [0.1, 0.15) is 11.1 Å². The summed E-state index contributed by atoms with van der Waals surface area (Å²) in [6.45, 7) is 1.48. The van der Waals surface area contributed by atoms with Gasteiger partial charge in [-0.2, -0.15) is 5.48 Å². The minimum atomic E-state index is -0.295. The van der Waals surface area contributed by atoms with Crippen molar-refractivity contribution < 1.29 is 14.4 Å². The van der Waals surface area contributed by atoms with Crippen LogP contribution in [0.4, 0.5) is 0 Å². The van der Waals surface area contributed by atoms with Crippen LogP contribution in [-0.2, 0) is 27.6 Å². The summed E-state index contributed by atoms with van der Waals surface area (Å²) < 4.78 is 5.51. The highest BCUT2D eigenvalue weighted by atomic mass is 16.6. The standard InChI is InChI=1S/C22H24N2O3/c25-22(26-14-16-7-3-1-4-8-16)21-19-12-11-18(19)20(13-23-21)24-27-15-17-9-5-2-6-10-17/h1-12,18-21,23-24H,13-15H2. The number of hydrogen-bond donors (Lipinski definition) is 2. The monoisotopic (exact) mass is 364 g/mol. The molecular formula is C22H24N2O3. The molecule has 1 heterocycles. The van der Waals surface area contributed by atoms with Gasteiger partial charge in [0.15, 0.2) is 0 Å². The Balaban J connectivity index is 1.25. The Morgan fingerprint density at radius 1 is 0.926 bits per heavy atom. The predicted molar refractivity (Wildman–Crippen MR) is 102 cm³/mol. The number of carbonyl (C=O) groups is 1. The molecule has 2 aromatic carbocycles. The van der Waals surface area contributed by atoms with Gasteiger partial charge in [-0.3, -0.25) is 9.63 Å². The maximum atomic E-state index is 12.5. The van der Waals surface area contributed by atoms with Crippen molar-refractivity contribution in [3.8, 4) is 0 Å². The number of hydrogen-bond acceptors (Lipinski definition) is 5. The SMILES string of the molecule is O=C(OCc1ccccc1)C1NCC(NOCc2ccccc2)C2C=CC12. The molecule has 1 aliphatic heterocycles. The Bertz CT molecular complexity index is 779. The van der Waals surface area contributed by atoms with Gasteiger partial charge in [0.25, 0.3) is 0 Å². The van der Waals surface area contributed by atoms with Gasteiger partial charge in [-0.05, 0) is 11.1 Å². The molecule has 27 heavy (non-hydrogen) atoms. The molecule has 0 aromatic heterocycles. The number of esters is 1. The van der Waals surface area contributed by atoms with Gasteiger partial charge < -0.3 is 10.1 Å². The molecule has 0 radical (unpaired) electrons. The van der Waals surface area contributed by atoms with E-state index in [1.165, 1.54) is 0 Å². The fourth-order valence-corrected chi connectivity index (χ4v) is 3.61. The third-order valence-corrected chi connectivity index (χ3v) is 5.20. The van der Waals surface area contributed by atoms with E-state index in [1.807, 2.05) is 60.7 Å². The molecule has 0 spiro atoms. The highest BCUT2D eigenvalue weighted by Gasteiger charge is 2.44. The molecule has 2 aliphatic rings. The number of fused-ring (bicyclic) bond motifs is 1. The van der Waals surface area contributed by atoms with E-state index in [-0.39, 0.29) is 29.9 Å². The first-order valence-electron chi connectivity index (χ1n) is 9.35. The molecule has 140 valence electrons. The Kier molecular flexibility index (Phi) is 5.63. The van der Waals surface area contributed by atoms with Crippen LogP contribution >= 0.6 is 0 Å². The van der Waals surface area contributed by atoms with Crippen molar-refractivity contribution >= 4 is 5.97 Å². The average Bonchev–Trinajstić information content (AvgIpc) is 2.69. The lowest BCUT2D eigenvalue weighted by molar-refractivity contribution is -0.151. The van der Waals surface area contributed by atoms with Crippen LogP contribution in [0.3, 0.4) is 0 Å². The second kappa shape index (κ2) is 8.48. The smallest absolute Gasteiger partial charge is 0.324 e. The van der Waals surface area contributed by atoms with Gasteiger partial charge in [-0.15, -0.1) is 0 Å². The largest absolute Gasteiger partial charge is 0.460 e. The Hall–Kier alpha value is -2.47. The molecular weight excluding hydrogens is 340 g/mol. The third-order valence-electron chi connectivity index (χ3n) is 5.20. The van der Waals surface area contributed by atoms with Crippen molar-refractivity contribution in [1.82, 2.24) is 10.8 Å². The second-order valence-electron chi connectivity index (χ2n) is 7.02. The van der Waals surface area contributed by atoms with Crippen molar-refractivity contribution in [3.63, 3.8) is 0 Å². The fraction of sp³-hybridized carbons (Fsp3) is 0.318. The molecule has 0 amide bonds. The van der Waals surface area contributed by atoms with E-state index in [4.69, 9.17) is 9.57 Å². The second-order valence-corrected chi connectivity index (χ2v) is 7.02. The highest BCUT2D eigenvalue weighted by molar-refractivity contribution is 5.77. The van der Waals surface area contributed by atoms with Crippen molar-refractivity contribution in [2.45, 2.75) is 25.3 Å². The number of ether oxygens (including phenoxy) is 1. The lowest BCUT2D eigenvalue weighted by atomic mass is 9.70. The summed E-state index contributed by atoms with van der Waals surface area (Å²) >= 11 is 0. The zero-order valence-corrected chi connectivity index (χ0v) is 15.1. The summed E-state index contributed by atoms with van der Waals surface area (Å²) in [4.78, 5) is 18.2. The van der Waals surface area contributed by atoms with Crippen molar-refractivity contribution in [2.75, 3.05) is 6.54 Å². The van der Waals surface area contributed by atoms with E-state index in [0.717, 1.165) is 11.1 Å². The van der Waals surface area contributed by atoms with Crippen LogP contribution in [-0.4, -0.2) is 24.6 Å². The molecule has 0 bridgehead atoms. The summed E-state index contributed by atoms with van der Waals surface area (Å²) in [6.07, 6.45) is 4.23. The first-order valence-corrected chi connectivity index (χ1v) is 9.35. The summed E-state index contributed by atoms with van der Waals surface area (Å²) in [5, 5.41) is 3.32. The molecule has 5 nitrogen and oxygen atoms in total. The fourth-order valence-electron chi connectivity index (χ4n) is 3.61. The number of piperidine rings is 1. The first kappa shape index (κ1) is 17.9. The normalized spacial score (nSPS) is 26.1. The zero-order valence-electron chi connectivity index (χ0n) is 15.1. The van der Waals surface area contributed by atoms with Gasteiger partial charge in [-0.1, -0.05) is 72.8 Å².